The molecule has 1 aromatic carbocycles. The molecule has 154 valence electrons. The van der Waals surface area contributed by atoms with E-state index < -0.39 is 11.7 Å². The van der Waals surface area contributed by atoms with Crippen molar-refractivity contribution < 1.29 is 27.7 Å². The van der Waals surface area contributed by atoms with E-state index in [0.29, 0.717) is 51.3 Å². The van der Waals surface area contributed by atoms with E-state index in [-0.39, 0.29) is 17.7 Å². The van der Waals surface area contributed by atoms with Crippen LogP contribution in [0.3, 0.4) is 0 Å². The quantitative estimate of drug-likeness (QED) is 0.757. The van der Waals surface area contributed by atoms with Gasteiger partial charge in [0.25, 0.3) is 5.91 Å². The molecule has 0 radical (unpaired) electrons. The van der Waals surface area contributed by atoms with Crippen molar-refractivity contribution >= 4 is 17.5 Å². The van der Waals surface area contributed by atoms with E-state index >= 15 is 0 Å². The van der Waals surface area contributed by atoms with Crippen LogP contribution in [0.2, 0.25) is 0 Å². The molecule has 28 heavy (non-hydrogen) atoms. The Morgan fingerprint density at radius 1 is 1.11 bits per heavy atom. The van der Waals surface area contributed by atoms with Crippen molar-refractivity contribution in [3.05, 3.63) is 29.8 Å². The number of primary amides is 1. The van der Waals surface area contributed by atoms with Gasteiger partial charge in [-0.25, -0.2) is 0 Å². The highest BCUT2D eigenvalue weighted by Gasteiger charge is 2.32. The molecule has 0 saturated carbocycles. The fraction of sp³-hybridized carbons (Fsp3) is 0.579. The summed E-state index contributed by atoms with van der Waals surface area (Å²) in [5, 5.41) is 0. The Kier molecular flexibility index (Phi) is 6.12. The monoisotopic (exact) mass is 399 g/mol. The summed E-state index contributed by atoms with van der Waals surface area (Å²) in [6.07, 6.45) is -2.94. The topological polar surface area (TPSA) is 71.1 Å². The summed E-state index contributed by atoms with van der Waals surface area (Å²) in [5.41, 5.74) is 5.20. The highest BCUT2D eigenvalue weighted by Crippen LogP contribution is 2.31. The average Bonchev–Trinajstić information content (AvgIpc) is 2.68. The van der Waals surface area contributed by atoms with Gasteiger partial charge in [-0.2, -0.15) is 13.2 Å². The van der Waals surface area contributed by atoms with Crippen LogP contribution >= 0.6 is 0 Å². The first-order valence-electron chi connectivity index (χ1n) is 9.57. The number of anilines is 1. The first-order valence-corrected chi connectivity index (χ1v) is 9.57. The van der Waals surface area contributed by atoms with E-state index in [0.717, 1.165) is 30.1 Å². The van der Waals surface area contributed by atoms with E-state index in [1.54, 1.807) is 11.0 Å². The number of benzene rings is 1. The summed E-state index contributed by atoms with van der Waals surface area (Å²) < 4.78 is 38.7. The summed E-state index contributed by atoms with van der Waals surface area (Å²) in [6.45, 7) is 3.89. The number of nitrogens with two attached hydrogens (primary N) is 1. The van der Waals surface area contributed by atoms with Crippen molar-refractivity contribution in [3.63, 3.8) is 0 Å². The first-order chi connectivity index (χ1) is 13.2. The lowest BCUT2D eigenvalue weighted by Gasteiger charge is -2.37. The number of halogens is 3. The number of amides is 2. The van der Waals surface area contributed by atoms with E-state index in [2.05, 4.69) is 0 Å². The second-order valence-corrected chi connectivity index (χ2v) is 7.52. The van der Waals surface area contributed by atoms with Crippen LogP contribution in [-0.2, 0) is 15.8 Å². The molecule has 2 amide bonds. The standard InChI is InChI=1S/C19H25F3N4O2/c20-19(21,22)15-2-1-3-16(12-15)25-8-10-26(11-9-25)17(27)13-24-6-4-14(5-7-24)18(23)28/h1-3,12,14H,4-11,13H2,(H2,23,28)/p+1. The van der Waals surface area contributed by atoms with Crippen molar-refractivity contribution in [2.45, 2.75) is 19.0 Å². The van der Waals surface area contributed by atoms with Gasteiger partial charge in [0, 0.05) is 50.6 Å². The normalized spacial score (nSPS) is 23.5. The lowest BCUT2D eigenvalue weighted by atomic mass is 9.96. The average molecular weight is 399 g/mol. The molecule has 2 saturated heterocycles. The number of alkyl halides is 3. The Balaban J connectivity index is 1.49. The summed E-state index contributed by atoms with van der Waals surface area (Å²) in [6, 6.07) is 5.30. The van der Waals surface area contributed by atoms with Crippen LogP contribution in [0.15, 0.2) is 24.3 Å². The molecule has 0 atom stereocenters. The second-order valence-electron chi connectivity index (χ2n) is 7.52. The van der Waals surface area contributed by atoms with Crippen molar-refractivity contribution in [1.29, 1.82) is 0 Å². The van der Waals surface area contributed by atoms with Crippen molar-refractivity contribution in [3.8, 4) is 0 Å². The maximum Gasteiger partial charge on any atom is 0.416 e. The number of nitrogens with zero attached hydrogens (tertiary/aromatic N) is 2. The smallest absolute Gasteiger partial charge is 0.369 e. The summed E-state index contributed by atoms with van der Waals surface area (Å²) in [5.74, 6) is -0.304. The summed E-state index contributed by atoms with van der Waals surface area (Å²) in [4.78, 5) is 28.6. The third kappa shape index (κ3) is 4.95. The molecule has 0 unspecified atom stereocenters. The number of nitrogens with one attached hydrogen (secondary N) is 1. The Bertz CT molecular complexity index is 709. The molecule has 3 rings (SSSR count). The highest BCUT2D eigenvalue weighted by molar-refractivity contribution is 5.78. The van der Waals surface area contributed by atoms with Crippen LogP contribution in [0.5, 0.6) is 0 Å². The Hall–Kier alpha value is -2.29. The van der Waals surface area contributed by atoms with E-state index in [1.165, 1.54) is 6.07 Å². The number of piperazine rings is 1. The largest absolute Gasteiger partial charge is 0.416 e. The number of rotatable bonds is 4. The van der Waals surface area contributed by atoms with Crippen molar-refractivity contribution in [1.82, 2.24) is 4.90 Å². The molecule has 1 aromatic rings. The van der Waals surface area contributed by atoms with Crippen molar-refractivity contribution in [2.75, 3.05) is 50.7 Å². The molecule has 0 bridgehead atoms. The van der Waals surface area contributed by atoms with Crippen LogP contribution in [0.1, 0.15) is 18.4 Å². The predicted octanol–water partition coefficient (Wildman–Crippen LogP) is 0.134. The maximum absolute atomic E-state index is 12.9. The number of carbonyl (C=O) groups excluding carboxylic acids is 2. The number of hydrogen-bond acceptors (Lipinski definition) is 3. The number of likely N-dealkylation sites (tertiary alicyclic amines) is 1. The molecule has 6 nitrogen and oxygen atoms in total. The molecule has 2 fully saturated rings. The Morgan fingerprint density at radius 2 is 1.75 bits per heavy atom. The zero-order valence-electron chi connectivity index (χ0n) is 15.7. The van der Waals surface area contributed by atoms with Crippen LogP contribution in [0.25, 0.3) is 0 Å². The molecule has 9 heteroatoms. The number of carbonyl (C=O) groups is 2. The third-order valence-corrected chi connectivity index (χ3v) is 5.67. The fourth-order valence-electron chi connectivity index (χ4n) is 3.91. The highest BCUT2D eigenvalue weighted by atomic mass is 19.4. The minimum absolute atomic E-state index is 0.0521. The van der Waals surface area contributed by atoms with E-state index in [1.807, 2.05) is 4.90 Å². The molecule has 2 heterocycles. The molecular weight excluding hydrogens is 373 g/mol. The lowest BCUT2D eigenvalue weighted by Crippen LogP contribution is -3.14. The molecule has 0 aromatic heterocycles. The number of piperidine rings is 1. The van der Waals surface area contributed by atoms with Gasteiger partial charge in [-0.1, -0.05) is 6.07 Å². The minimum Gasteiger partial charge on any atom is -0.369 e. The van der Waals surface area contributed by atoms with E-state index in [9.17, 15) is 22.8 Å². The van der Waals surface area contributed by atoms with Gasteiger partial charge in [0.15, 0.2) is 6.54 Å². The van der Waals surface area contributed by atoms with Crippen molar-refractivity contribution in [2.24, 2.45) is 11.7 Å². The van der Waals surface area contributed by atoms with Gasteiger partial charge in [0.2, 0.25) is 5.91 Å². The minimum atomic E-state index is -4.36. The fourth-order valence-corrected chi connectivity index (χ4v) is 3.91. The van der Waals surface area contributed by atoms with Crippen LogP contribution in [0, 0.1) is 5.92 Å². The van der Waals surface area contributed by atoms with Gasteiger partial charge in [0.05, 0.1) is 18.7 Å². The van der Waals surface area contributed by atoms with Gasteiger partial charge in [-0.05, 0) is 18.2 Å². The van der Waals surface area contributed by atoms with Gasteiger partial charge in [0.1, 0.15) is 0 Å². The predicted molar refractivity (Wildman–Crippen MR) is 97.7 cm³/mol. The third-order valence-electron chi connectivity index (χ3n) is 5.67. The summed E-state index contributed by atoms with van der Waals surface area (Å²) in [7, 11) is 0. The lowest BCUT2D eigenvalue weighted by molar-refractivity contribution is -0.898. The SMILES string of the molecule is NC(=O)C1CC[NH+](CC(=O)N2CCN(c3cccc(C(F)(F)F)c3)CC2)CC1. The van der Waals surface area contributed by atoms with Crippen LogP contribution in [0.4, 0.5) is 18.9 Å². The van der Waals surface area contributed by atoms with Gasteiger partial charge < -0.3 is 20.4 Å². The van der Waals surface area contributed by atoms with Crippen LogP contribution < -0.4 is 15.5 Å². The van der Waals surface area contributed by atoms with Gasteiger partial charge in [-0.15, -0.1) is 0 Å². The van der Waals surface area contributed by atoms with Gasteiger partial charge in [-0.3, -0.25) is 9.59 Å². The Morgan fingerprint density at radius 3 is 2.32 bits per heavy atom. The molecular formula is C19H26F3N4O2+. The summed E-state index contributed by atoms with van der Waals surface area (Å²) >= 11 is 0. The molecule has 2 aliphatic heterocycles. The molecule has 0 spiro atoms. The first kappa shape index (κ1) is 20.4. The zero-order valence-corrected chi connectivity index (χ0v) is 15.7. The van der Waals surface area contributed by atoms with Crippen LogP contribution in [-0.4, -0.2) is 62.5 Å². The number of hydrogen-bond donors (Lipinski definition) is 2. The molecule has 3 N–H and O–H groups in total. The zero-order chi connectivity index (χ0) is 20.3. The molecule has 0 aliphatic carbocycles. The van der Waals surface area contributed by atoms with E-state index in [4.69, 9.17) is 5.73 Å². The second kappa shape index (κ2) is 8.38. The van der Waals surface area contributed by atoms with Gasteiger partial charge >= 0.3 is 6.18 Å². The maximum atomic E-state index is 12.9. The molecule has 2 aliphatic rings. The number of quaternary nitrogens is 1. The Labute approximate surface area is 162 Å².